The molecule has 14 heteroatoms. The molecule has 0 saturated heterocycles. The van der Waals surface area contributed by atoms with Gasteiger partial charge < -0.3 is 19.9 Å². The first kappa shape index (κ1) is 81.2. The normalized spacial score (nSPS) is 23.9. The van der Waals surface area contributed by atoms with E-state index in [1.54, 1.807) is 13.8 Å². The minimum atomic E-state index is -4.92. The number of hydrogen-bond acceptors (Lipinski definition) is 10. The Morgan fingerprint density at radius 1 is 0.722 bits per heavy atom. The van der Waals surface area contributed by atoms with Gasteiger partial charge in [-0.3, -0.25) is 23.7 Å². The summed E-state index contributed by atoms with van der Waals surface area (Å²) < 4.78 is 32.8. The third kappa shape index (κ3) is 29.4. The minimum Gasteiger partial charge on any atom is -0.870 e. The third-order valence-corrected chi connectivity index (χ3v) is 17.5. The monoisotopic (exact) mass is 1080 g/mol. The summed E-state index contributed by atoms with van der Waals surface area (Å²) in [5.41, 5.74) is 6.42. The number of carbonyl (C=O) groups excluding carboxylic acids is 5. The van der Waals surface area contributed by atoms with Crippen molar-refractivity contribution >= 4 is 39.8 Å². The molecule has 4 unspecified atom stereocenters. The summed E-state index contributed by atoms with van der Waals surface area (Å²) in [4.78, 5) is 54.4. The van der Waals surface area contributed by atoms with Gasteiger partial charge in [-0.1, -0.05) is 138 Å². The Bertz CT molecular complexity index is 1880. The number of carbonyl (C=O) groups is 5. The van der Waals surface area contributed by atoms with E-state index in [-0.39, 0.29) is 142 Å². The number of aliphatic hydroxyl groups excluding tert-OH is 1. The standard InChI is InChI=1S/C15H26O2.C14H26O.C14H22O.C10H16O.C5H10O.2K.H2O4S.H2O/c1-6-13(16)11(3)14(17)9-12-8-7-10(2)15(12,4)5;2*1-10(12(3)15)6-8-13-9-7-11(2)14(13,4)5;1-8-4-5-9(6-7-11)10(8,2)3;1-3-5(6)4-2;;;1-5(2,3)4;/h7,11-12,14,17H,6,8-9H2,1-5H3;10-11,13H,6-9H2,1-5H3;6-7,13H,8-9H2,1-5H3;4,7,9H,5-6H2,1-3H3;3-4H2,1-2H3;;;(H2,1,2,3,4);1H2/q;;;;;2*+1;;/p-2/b;;10-6+;;;;;;/t11?,12-,14?;10?,11?,13-;13-;9-;;;;;/m1001...../s1. The third-order valence-electron chi connectivity index (χ3n) is 17.5. The number of Topliss-reactive ketones (excluding diaryl/α,β-unsaturated/α-hetero) is 4. The van der Waals surface area contributed by atoms with E-state index in [4.69, 9.17) is 17.5 Å². The summed E-state index contributed by atoms with van der Waals surface area (Å²) >= 11 is 0. The number of ketones is 4. The van der Waals surface area contributed by atoms with Crippen molar-refractivity contribution in [2.75, 3.05) is 0 Å². The van der Waals surface area contributed by atoms with Crippen molar-refractivity contribution in [2.45, 2.75) is 228 Å². The van der Waals surface area contributed by atoms with Crippen molar-refractivity contribution in [3.63, 3.8) is 0 Å². The summed E-state index contributed by atoms with van der Waals surface area (Å²) in [6.45, 7) is 42.0. The molecule has 0 radical (unpaired) electrons. The van der Waals surface area contributed by atoms with Gasteiger partial charge in [0.25, 0.3) is 0 Å². The Labute approximate surface area is 525 Å². The largest absolute Gasteiger partial charge is 1.00 e. The molecule has 4 aliphatic rings. The molecular formula is C58H102K2O11S. The molecule has 72 heavy (non-hydrogen) atoms. The maximum Gasteiger partial charge on any atom is 1.00 e. The van der Waals surface area contributed by atoms with Crippen molar-refractivity contribution in [3.8, 4) is 0 Å². The number of allylic oxidation sites excluding steroid dienone is 8. The van der Waals surface area contributed by atoms with E-state index in [1.807, 2.05) is 34.6 Å². The molecule has 8 atom stereocenters. The van der Waals surface area contributed by atoms with Crippen molar-refractivity contribution in [1.29, 1.82) is 0 Å². The fraction of sp³-hybridized carbons (Fsp3) is 0.776. The van der Waals surface area contributed by atoms with E-state index in [0.717, 1.165) is 62.2 Å². The van der Waals surface area contributed by atoms with Crippen molar-refractivity contribution in [3.05, 3.63) is 46.6 Å². The van der Waals surface area contributed by atoms with Crippen LogP contribution in [-0.2, 0) is 34.4 Å². The van der Waals surface area contributed by atoms with E-state index >= 15 is 0 Å². The zero-order chi connectivity index (χ0) is 54.5. The fourth-order valence-electron chi connectivity index (χ4n) is 9.40. The van der Waals surface area contributed by atoms with Crippen LogP contribution in [0.1, 0.15) is 222 Å². The zero-order valence-corrected chi connectivity index (χ0v) is 56.8. The summed E-state index contributed by atoms with van der Waals surface area (Å²) in [5, 5.41) is 10.2. The smallest absolute Gasteiger partial charge is 0.870 e. The van der Waals surface area contributed by atoms with E-state index in [2.05, 4.69) is 114 Å². The van der Waals surface area contributed by atoms with E-state index in [1.165, 1.54) is 36.0 Å². The molecule has 1 fully saturated rings. The van der Waals surface area contributed by atoms with Gasteiger partial charge in [-0.25, -0.2) is 8.42 Å². The fourth-order valence-corrected chi connectivity index (χ4v) is 9.40. The topological polar surface area (TPSA) is 213 Å². The van der Waals surface area contributed by atoms with E-state index in [0.29, 0.717) is 65.8 Å². The maximum absolute atomic E-state index is 11.6. The van der Waals surface area contributed by atoms with Crippen molar-refractivity contribution in [2.24, 2.45) is 63.1 Å². The predicted octanol–water partition coefficient (Wildman–Crippen LogP) is 8.09. The first-order valence-electron chi connectivity index (χ1n) is 25.9. The predicted molar refractivity (Wildman–Crippen MR) is 286 cm³/mol. The molecule has 408 valence electrons. The zero-order valence-electron chi connectivity index (χ0n) is 49.7. The van der Waals surface area contributed by atoms with Crippen LogP contribution in [0.15, 0.2) is 46.6 Å². The summed E-state index contributed by atoms with van der Waals surface area (Å²) in [7, 11) is -4.92. The van der Waals surface area contributed by atoms with Gasteiger partial charge in [-0.15, -0.1) is 0 Å². The molecule has 0 spiro atoms. The van der Waals surface area contributed by atoms with Crippen LogP contribution in [0.25, 0.3) is 0 Å². The van der Waals surface area contributed by atoms with Crippen LogP contribution in [0.2, 0.25) is 0 Å². The molecule has 0 aliphatic heterocycles. The van der Waals surface area contributed by atoms with Gasteiger partial charge in [0, 0.05) is 37.5 Å². The van der Waals surface area contributed by atoms with Crippen LogP contribution in [0.5, 0.6) is 0 Å². The maximum atomic E-state index is 11.6. The van der Waals surface area contributed by atoms with Gasteiger partial charge in [0.05, 0.1) is 6.10 Å². The molecule has 4 rings (SSSR count). The van der Waals surface area contributed by atoms with Crippen molar-refractivity contribution < 1.29 is 155 Å². The Morgan fingerprint density at radius 3 is 1.39 bits per heavy atom. The number of rotatable bonds is 16. The molecule has 0 aromatic heterocycles. The van der Waals surface area contributed by atoms with Gasteiger partial charge in [-0.2, -0.15) is 0 Å². The van der Waals surface area contributed by atoms with Gasteiger partial charge in [-0.05, 0) is 156 Å². The molecule has 0 heterocycles. The molecule has 0 amide bonds. The Balaban J connectivity index is -0.000000257. The summed E-state index contributed by atoms with van der Waals surface area (Å²) in [6, 6.07) is 0. The van der Waals surface area contributed by atoms with Crippen molar-refractivity contribution in [1.82, 2.24) is 0 Å². The minimum absolute atomic E-state index is 0. The average Bonchev–Trinajstić information content (AvgIpc) is 3.87. The number of aliphatic hydroxyl groups is 1. The second-order valence-corrected chi connectivity index (χ2v) is 23.7. The van der Waals surface area contributed by atoms with E-state index < -0.39 is 16.5 Å². The Morgan fingerprint density at radius 2 is 1.11 bits per heavy atom. The number of aldehydes is 1. The van der Waals surface area contributed by atoms with Crippen LogP contribution < -0.4 is 103 Å². The second kappa shape index (κ2) is 38.1. The first-order chi connectivity index (χ1) is 31.4. The Hall–Kier alpha value is 0.373. The van der Waals surface area contributed by atoms with Crippen LogP contribution in [0.4, 0.5) is 0 Å². The van der Waals surface area contributed by atoms with Gasteiger partial charge in [0.2, 0.25) is 10.4 Å². The average molecular weight is 1090 g/mol. The molecule has 11 nitrogen and oxygen atoms in total. The molecule has 3 N–H and O–H groups in total. The van der Waals surface area contributed by atoms with Gasteiger partial charge >= 0.3 is 103 Å². The quantitative estimate of drug-likeness (QED) is 0.0376. The number of hydrogen-bond donors (Lipinski definition) is 2. The summed E-state index contributed by atoms with van der Waals surface area (Å²) in [6.07, 6.45) is 22.2. The van der Waals surface area contributed by atoms with Crippen LogP contribution >= 0.6 is 0 Å². The molecule has 0 aromatic carbocycles. The SMILES string of the molecule is CC(=O)/C(C)=C/C[C@H]1CC=C(C)C1(C)C.CC(=O)C(C)CC[C@H]1CCC(C)C1(C)C.CC1=CC[C@H](CC=O)C1(C)C.CCC(=O)C(C)C(O)C[C@H]1CC=C(C)C1(C)C.CCC(=O)CC.O=S(=O)([O-])O.[K+].[K+].[OH-]. The molecular weight excluding hydrogens is 983 g/mol. The van der Waals surface area contributed by atoms with Gasteiger partial charge in [0.15, 0.2) is 5.78 Å². The molecule has 1 saturated carbocycles. The molecule has 0 aromatic rings. The first-order valence-corrected chi connectivity index (χ1v) is 27.3. The van der Waals surface area contributed by atoms with Crippen LogP contribution in [0.3, 0.4) is 0 Å². The van der Waals surface area contributed by atoms with E-state index in [9.17, 15) is 29.1 Å². The molecule has 0 bridgehead atoms. The summed E-state index contributed by atoms with van der Waals surface area (Å²) in [5.74, 6) is 4.41. The van der Waals surface area contributed by atoms with Crippen LogP contribution in [-0.4, -0.2) is 63.6 Å². The second-order valence-electron chi connectivity index (χ2n) is 22.9. The Kier molecular flexibility index (Phi) is 42.9. The molecule has 4 aliphatic carbocycles. The van der Waals surface area contributed by atoms with Gasteiger partial charge in [0.1, 0.15) is 23.6 Å². The van der Waals surface area contributed by atoms with Crippen LogP contribution in [0, 0.1) is 63.1 Å².